The number of nitrogens with zero attached hydrogens (tertiary/aromatic N) is 3. The number of urea groups is 1. The third-order valence-electron chi connectivity index (χ3n) is 6.05. The molecule has 2 aromatic rings. The molecule has 2 unspecified atom stereocenters. The van der Waals surface area contributed by atoms with Crippen LogP contribution in [0.15, 0.2) is 42.7 Å². The number of rotatable bonds is 7. The van der Waals surface area contributed by atoms with Gasteiger partial charge in [0.1, 0.15) is 11.9 Å². The van der Waals surface area contributed by atoms with Gasteiger partial charge in [-0.2, -0.15) is 0 Å². The molecule has 1 aromatic carbocycles. The SMILES string of the molecule is CC1CCN(C(CNC(=O)NC(c2ccccc2)c2nccn2C)C(C)C)CC1. The molecule has 158 valence electrons. The Morgan fingerprint density at radius 2 is 1.90 bits per heavy atom. The molecular weight excluding hydrogens is 362 g/mol. The Bertz CT molecular complexity index is 765. The van der Waals surface area contributed by atoms with Crippen molar-refractivity contribution in [2.45, 2.75) is 45.7 Å². The minimum Gasteiger partial charge on any atom is -0.337 e. The van der Waals surface area contributed by atoms with E-state index in [4.69, 9.17) is 0 Å². The number of nitrogens with one attached hydrogen (secondary N) is 2. The van der Waals surface area contributed by atoms with Crippen LogP contribution in [-0.2, 0) is 7.05 Å². The zero-order chi connectivity index (χ0) is 20.8. The average Bonchev–Trinajstić information content (AvgIpc) is 3.13. The second kappa shape index (κ2) is 9.92. The molecule has 3 rings (SSSR count). The first-order valence-corrected chi connectivity index (χ1v) is 10.8. The van der Waals surface area contributed by atoms with E-state index < -0.39 is 0 Å². The molecule has 1 aromatic heterocycles. The fraction of sp³-hybridized carbons (Fsp3) is 0.565. The van der Waals surface area contributed by atoms with Crippen LogP contribution in [0.3, 0.4) is 0 Å². The third-order valence-corrected chi connectivity index (χ3v) is 6.05. The molecule has 6 nitrogen and oxygen atoms in total. The summed E-state index contributed by atoms with van der Waals surface area (Å²) in [6.07, 6.45) is 6.14. The number of piperidine rings is 1. The number of carbonyl (C=O) groups excluding carboxylic acids is 1. The molecule has 0 saturated carbocycles. The molecule has 2 atom stereocenters. The van der Waals surface area contributed by atoms with E-state index in [1.807, 2.05) is 48.1 Å². The van der Waals surface area contributed by atoms with Gasteiger partial charge in [-0.1, -0.05) is 51.1 Å². The predicted molar refractivity (Wildman–Crippen MR) is 117 cm³/mol. The molecule has 1 aliphatic heterocycles. The van der Waals surface area contributed by atoms with E-state index in [0.29, 0.717) is 18.5 Å². The van der Waals surface area contributed by atoms with Crippen molar-refractivity contribution in [2.75, 3.05) is 19.6 Å². The van der Waals surface area contributed by atoms with Crippen LogP contribution in [0.1, 0.15) is 51.0 Å². The summed E-state index contributed by atoms with van der Waals surface area (Å²) >= 11 is 0. The van der Waals surface area contributed by atoms with Crippen LogP contribution in [0.5, 0.6) is 0 Å². The molecule has 2 amide bonds. The topological polar surface area (TPSA) is 62.2 Å². The lowest BCUT2D eigenvalue weighted by Gasteiger charge is -2.39. The maximum Gasteiger partial charge on any atom is 0.315 e. The Morgan fingerprint density at radius 1 is 1.21 bits per heavy atom. The van der Waals surface area contributed by atoms with Gasteiger partial charge >= 0.3 is 6.03 Å². The van der Waals surface area contributed by atoms with Gasteiger partial charge in [0.25, 0.3) is 0 Å². The van der Waals surface area contributed by atoms with Crippen LogP contribution in [-0.4, -0.2) is 46.2 Å². The number of hydrogen-bond donors (Lipinski definition) is 2. The smallest absolute Gasteiger partial charge is 0.315 e. The normalized spacial score (nSPS) is 17.8. The van der Waals surface area contributed by atoms with Gasteiger partial charge in [-0.3, -0.25) is 4.90 Å². The molecule has 0 spiro atoms. The first-order chi connectivity index (χ1) is 14.0. The monoisotopic (exact) mass is 397 g/mol. The fourth-order valence-corrected chi connectivity index (χ4v) is 4.12. The van der Waals surface area contributed by atoms with Crippen molar-refractivity contribution in [1.82, 2.24) is 25.1 Å². The van der Waals surface area contributed by atoms with E-state index in [9.17, 15) is 4.79 Å². The summed E-state index contributed by atoms with van der Waals surface area (Å²) in [6.45, 7) is 9.70. The second-order valence-corrected chi connectivity index (χ2v) is 8.62. The molecule has 2 heterocycles. The summed E-state index contributed by atoms with van der Waals surface area (Å²) in [5, 5.41) is 6.25. The van der Waals surface area contributed by atoms with Crippen molar-refractivity contribution < 1.29 is 4.79 Å². The zero-order valence-corrected chi connectivity index (χ0v) is 18.1. The highest BCUT2D eigenvalue weighted by atomic mass is 16.2. The van der Waals surface area contributed by atoms with Gasteiger partial charge in [0.15, 0.2) is 0 Å². The van der Waals surface area contributed by atoms with Crippen LogP contribution < -0.4 is 10.6 Å². The van der Waals surface area contributed by atoms with Crippen molar-refractivity contribution in [3.8, 4) is 0 Å². The van der Waals surface area contributed by atoms with E-state index in [-0.39, 0.29) is 12.1 Å². The molecule has 1 saturated heterocycles. The molecule has 0 radical (unpaired) electrons. The van der Waals surface area contributed by atoms with E-state index >= 15 is 0 Å². The summed E-state index contributed by atoms with van der Waals surface area (Å²) in [5.41, 5.74) is 1.02. The van der Waals surface area contributed by atoms with Gasteiger partial charge < -0.3 is 15.2 Å². The Morgan fingerprint density at radius 3 is 2.48 bits per heavy atom. The molecule has 1 aliphatic rings. The summed E-state index contributed by atoms with van der Waals surface area (Å²) in [4.78, 5) is 19.8. The first kappa shape index (κ1) is 21.4. The lowest BCUT2D eigenvalue weighted by atomic mass is 9.94. The first-order valence-electron chi connectivity index (χ1n) is 10.8. The van der Waals surface area contributed by atoms with Gasteiger partial charge in [-0.15, -0.1) is 0 Å². The summed E-state index contributed by atoms with van der Waals surface area (Å²) in [7, 11) is 1.95. The third kappa shape index (κ3) is 5.60. The van der Waals surface area contributed by atoms with Gasteiger partial charge in [0, 0.05) is 32.0 Å². The number of aromatic nitrogens is 2. The lowest BCUT2D eigenvalue weighted by molar-refractivity contribution is 0.108. The van der Waals surface area contributed by atoms with Crippen LogP contribution in [0, 0.1) is 11.8 Å². The molecule has 2 N–H and O–H groups in total. The van der Waals surface area contributed by atoms with E-state index in [0.717, 1.165) is 30.4 Å². The Hall–Kier alpha value is -2.34. The molecular formula is C23H35N5O. The Labute approximate surface area is 174 Å². The van der Waals surface area contributed by atoms with Gasteiger partial charge in [-0.25, -0.2) is 9.78 Å². The van der Waals surface area contributed by atoms with Crippen LogP contribution in [0.4, 0.5) is 4.79 Å². The summed E-state index contributed by atoms with van der Waals surface area (Å²) in [6, 6.07) is 9.90. The van der Waals surface area contributed by atoms with E-state index in [1.54, 1.807) is 6.20 Å². The number of imidazole rings is 1. The predicted octanol–water partition coefficient (Wildman–Crippen LogP) is 3.57. The number of likely N-dealkylation sites (tertiary alicyclic amines) is 1. The molecule has 6 heteroatoms. The van der Waals surface area contributed by atoms with Gasteiger partial charge in [0.05, 0.1) is 0 Å². The number of carbonyl (C=O) groups is 1. The summed E-state index contributed by atoms with van der Waals surface area (Å²) in [5.74, 6) is 2.11. The molecule has 0 bridgehead atoms. The van der Waals surface area contributed by atoms with Crippen molar-refractivity contribution in [2.24, 2.45) is 18.9 Å². The van der Waals surface area contributed by atoms with Crippen LogP contribution >= 0.6 is 0 Å². The number of amides is 2. The van der Waals surface area contributed by atoms with Crippen LogP contribution in [0.2, 0.25) is 0 Å². The van der Waals surface area contributed by atoms with Gasteiger partial charge in [-0.05, 0) is 43.3 Å². The number of hydrogen-bond acceptors (Lipinski definition) is 3. The number of benzene rings is 1. The highest BCUT2D eigenvalue weighted by Gasteiger charge is 2.27. The second-order valence-electron chi connectivity index (χ2n) is 8.62. The highest BCUT2D eigenvalue weighted by Crippen LogP contribution is 2.22. The maximum absolute atomic E-state index is 12.8. The largest absolute Gasteiger partial charge is 0.337 e. The van der Waals surface area contributed by atoms with Crippen molar-refractivity contribution in [3.63, 3.8) is 0 Å². The minimum atomic E-state index is -0.287. The Kier molecular flexibility index (Phi) is 7.31. The van der Waals surface area contributed by atoms with Gasteiger partial charge in [0.2, 0.25) is 0 Å². The highest BCUT2D eigenvalue weighted by molar-refractivity contribution is 5.74. The molecule has 1 fully saturated rings. The lowest BCUT2D eigenvalue weighted by Crippen LogP contribution is -2.51. The standard InChI is InChI=1S/C23H35N5O/c1-17(2)20(28-13-10-18(3)11-14-28)16-25-23(29)26-21(19-8-6-5-7-9-19)22-24-12-15-27(22)4/h5-9,12,15,17-18,20-21H,10-11,13-14,16H2,1-4H3,(H2,25,26,29). The average molecular weight is 398 g/mol. The van der Waals surface area contributed by atoms with Crippen molar-refractivity contribution in [1.29, 1.82) is 0 Å². The fourth-order valence-electron chi connectivity index (χ4n) is 4.12. The van der Waals surface area contributed by atoms with E-state index in [2.05, 4.69) is 41.3 Å². The summed E-state index contributed by atoms with van der Waals surface area (Å²) < 4.78 is 1.95. The zero-order valence-electron chi connectivity index (χ0n) is 18.1. The molecule has 29 heavy (non-hydrogen) atoms. The van der Waals surface area contributed by atoms with Crippen LogP contribution in [0.25, 0.3) is 0 Å². The van der Waals surface area contributed by atoms with E-state index in [1.165, 1.54) is 12.8 Å². The Balaban J connectivity index is 1.64. The van der Waals surface area contributed by atoms with Crippen molar-refractivity contribution in [3.05, 3.63) is 54.1 Å². The minimum absolute atomic E-state index is 0.155. The maximum atomic E-state index is 12.8. The molecule has 0 aliphatic carbocycles. The van der Waals surface area contributed by atoms with Crippen molar-refractivity contribution >= 4 is 6.03 Å². The number of aryl methyl sites for hydroxylation is 1. The quantitative estimate of drug-likeness (QED) is 0.751.